The summed E-state index contributed by atoms with van der Waals surface area (Å²) in [6.07, 6.45) is 11.4. The standard InChI is InChI=1S/C46H49N/c1-4-35-28-34(2)32-46(3,33-35)42-22-26-44(27-23-42)47(43-24-20-39(21-25-43)36-14-8-5-9-15-36)45-30-40(37-16-10-6-11-17-37)29-41(31-45)38-18-12-7-13-19-38/h6-7,10-13,16-27,29-31,35-36H,2,4-5,8-9,14-15,28,32-33H2,1,3H3. The maximum absolute atomic E-state index is 4.46. The van der Waals surface area contributed by atoms with E-state index in [1.165, 1.54) is 107 Å². The van der Waals surface area contributed by atoms with Crippen LogP contribution < -0.4 is 4.90 Å². The minimum absolute atomic E-state index is 0.134. The Bertz CT molecular complexity index is 1720. The van der Waals surface area contributed by atoms with Gasteiger partial charge in [-0.05, 0) is 125 Å². The third-order valence-corrected chi connectivity index (χ3v) is 11.0. The van der Waals surface area contributed by atoms with Crippen LogP contribution in [-0.4, -0.2) is 0 Å². The Morgan fingerprint density at radius 3 is 1.74 bits per heavy atom. The van der Waals surface area contributed by atoms with Crippen molar-refractivity contribution in [1.29, 1.82) is 0 Å². The summed E-state index contributed by atoms with van der Waals surface area (Å²) in [6, 6.07) is 47.6. The van der Waals surface area contributed by atoms with Crippen LogP contribution in [0.15, 0.2) is 140 Å². The molecule has 2 aliphatic carbocycles. The van der Waals surface area contributed by atoms with E-state index in [1.807, 2.05) is 0 Å². The first-order valence-corrected chi connectivity index (χ1v) is 17.9. The maximum atomic E-state index is 4.46. The predicted octanol–water partition coefficient (Wildman–Crippen LogP) is 13.6. The molecule has 0 aromatic heterocycles. The van der Waals surface area contributed by atoms with Crippen molar-refractivity contribution in [1.82, 2.24) is 0 Å². The summed E-state index contributed by atoms with van der Waals surface area (Å²) in [5, 5.41) is 0. The molecule has 5 aromatic rings. The van der Waals surface area contributed by atoms with Crippen LogP contribution in [0.25, 0.3) is 22.3 Å². The number of hydrogen-bond donors (Lipinski definition) is 0. The van der Waals surface area contributed by atoms with Crippen LogP contribution in [-0.2, 0) is 5.41 Å². The highest BCUT2D eigenvalue weighted by Crippen LogP contribution is 2.46. The van der Waals surface area contributed by atoms with Crippen molar-refractivity contribution in [3.63, 3.8) is 0 Å². The van der Waals surface area contributed by atoms with Gasteiger partial charge in [-0.2, -0.15) is 0 Å². The summed E-state index contributed by atoms with van der Waals surface area (Å²) in [5.41, 5.74) is 12.9. The molecule has 238 valence electrons. The fourth-order valence-electron chi connectivity index (χ4n) is 8.45. The summed E-state index contributed by atoms with van der Waals surface area (Å²) in [7, 11) is 0. The Kier molecular flexibility index (Phi) is 9.16. The molecule has 2 fully saturated rings. The first-order chi connectivity index (χ1) is 23.0. The monoisotopic (exact) mass is 615 g/mol. The Morgan fingerprint density at radius 1 is 0.638 bits per heavy atom. The van der Waals surface area contributed by atoms with Crippen molar-refractivity contribution >= 4 is 17.1 Å². The molecule has 2 atom stereocenters. The SMILES string of the molecule is C=C1CC(CC)CC(C)(c2ccc(N(c3ccc(C4CCCCC4)cc3)c3cc(-c4ccccc4)cc(-c4ccccc4)c3)cc2)C1. The lowest BCUT2D eigenvalue weighted by molar-refractivity contribution is 0.281. The van der Waals surface area contributed by atoms with Gasteiger partial charge in [0.1, 0.15) is 0 Å². The van der Waals surface area contributed by atoms with Gasteiger partial charge in [0.25, 0.3) is 0 Å². The van der Waals surface area contributed by atoms with Gasteiger partial charge in [-0.15, -0.1) is 0 Å². The molecule has 7 rings (SSSR count). The molecule has 2 aliphatic rings. The lowest BCUT2D eigenvalue weighted by atomic mass is 9.65. The molecule has 1 nitrogen and oxygen atoms in total. The quantitative estimate of drug-likeness (QED) is 0.157. The number of rotatable bonds is 8. The number of hydrogen-bond acceptors (Lipinski definition) is 1. The first-order valence-electron chi connectivity index (χ1n) is 17.9. The highest BCUT2D eigenvalue weighted by Gasteiger charge is 2.34. The average molecular weight is 616 g/mol. The third kappa shape index (κ3) is 6.86. The molecule has 47 heavy (non-hydrogen) atoms. The van der Waals surface area contributed by atoms with Gasteiger partial charge >= 0.3 is 0 Å². The van der Waals surface area contributed by atoms with E-state index in [0.29, 0.717) is 5.92 Å². The molecular formula is C46H49N. The summed E-state index contributed by atoms with van der Waals surface area (Å²) in [5.74, 6) is 1.41. The molecule has 0 heterocycles. The normalized spacial score (nSPS) is 20.2. The van der Waals surface area contributed by atoms with Crippen LogP contribution in [0.3, 0.4) is 0 Å². The molecule has 0 radical (unpaired) electrons. The van der Waals surface area contributed by atoms with Crippen LogP contribution in [0, 0.1) is 5.92 Å². The van der Waals surface area contributed by atoms with E-state index in [0.717, 1.165) is 12.3 Å². The zero-order valence-electron chi connectivity index (χ0n) is 28.3. The highest BCUT2D eigenvalue weighted by molar-refractivity contribution is 5.85. The Morgan fingerprint density at radius 2 is 1.19 bits per heavy atom. The molecule has 0 saturated heterocycles. The van der Waals surface area contributed by atoms with Gasteiger partial charge in [0.05, 0.1) is 0 Å². The summed E-state index contributed by atoms with van der Waals surface area (Å²) >= 11 is 0. The molecule has 2 saturated carbocycles. The van der Waals surface area contributed by atoms with Crippen molar-refractivity contribution in [2.75, 3.05) is 4.90 Å². The minimum Gasteiger partial charge on any atom is -0.310 e. The van der Waals surface area contributed by atoms with Gasteiger partial charge in [0.15, 0.2) is 0 Å². The minimum atomic E-state index is 0.134. The summed E-state index contributed by atoms with van der Waals surface area (Å²) < 4.78 is 0. The molecule has 5 aromatic carbocycles. The second-order valence-corrected chi connectivity index (χ2v) is 14.5. The van der Waals surface area contributed by atoms with E-state index >= 15 is 0 Å². The number of anilines is 3. The smallest absolute Gasteiger partial charge is 0.0473 e. The van der Waals surface area contributed by atoms with Crippen molar-refractivity contribution < 1.29 is 0 Å². The lowest BCUT2D eigenvalue weighted by Gasteiger charge is -2.40. The molecule has 0 spiro atoms. The van der Waals surface area contributed by atoms with Gasteiger partial charge in [-0.1, -0.05) is 137 Å². The molecule has 0 amide bonds. The van der Waals surface area contributed by atoms with Gasteiger partial charge in [-0.3, -0.25) is 0 Å². The zero-order valence-corrected chi connectivity index (χ0v) is 28.3. The Balaban J connectivity index is 1.33. The topological polar surface area (TPSA) is 3.24 Å². The number of benzene rings is 5. The highest BCUT2D eigenvalue weighted by atomic mass is 15.1. The largest absolute Gasteiger partial charge is 0.310 e. The fourth-order valence-corrected chi connectivity index (χ4v) is 8.45. The second kappa shape index (κ2) is 13.8. The van der Waals surface area contributed by atoms with Gasteiger partial charge in [-0.25, -0.2) is 0 Å². The third-order valence-electron chi connectivity index (χ3n) is 11.0. The van der Waals surface area contributed by atoms with E-state index in [1.54, 1.807) is 0 Å². The van der Waals surface area contributed by atoms with Crippen LogP contribution in [0.4, 0.5) is 17.1 Å². The van der Waals surface area contributed by atoms with E-state index in [9.17, 15) is 0 Å². The molecule has 1 heteroatoms. The lowest BCUT2D eigenvalue weighted by Crippen LogP contribution is -2.30. The molecule has 0 N–H and O–H groups in total. The number of allylic oxidation sites excluding steroid dienone is 1. The average Bonchev–Trinajstić information content (AvgIpc) is 3.13. The number of nitrogens with zero attached hydrogens (tertiary/aromatic N) is 1. The van der Waals surface area contributed by atoms with Crippen LogP contribution >= 0.6 is 0 Å². The molecular weight excluding hydrogens is 567 g/mol. The fraction of sp³-hybridized carbons (Fsp3) is 0.304. The Labute approximate surface area is 283 Å². The van der Waals surface area contributed by atoms with Crippen molar-refractivity contribution in [3.8, 4) is 22.3 Å². The van der Waals surface area contributed by atoms with Crippen molar-refractivity contribution in [3.05, 3.63) is 151 Å². The predicted molar refractivity (Wildman–Crippen MR) is 202 cm³/mol. The van der Waals surface area contributed by atoms with Gasteiger partial charge < -0.3 is 4.90 Å². The summed E-state index contributed by atoms with van der Waals surface area (Å²) in [4.78, 5) is 2.46. The van der Waals surface area contributed by atoms with Gasteiger partial charge in [0, 0.05) is 17.1 Å². The summed E-state index contributed by atoms with van der Waals surface area (Å²) in [6.45, 7) is 9.24. The van der Waals surface area contributed by atoms with Crippen LogP contribution in [0.5, 0.6) is 0 Å². The Hall–Kier alpha value is -4.36. The molecule has 2 unspecified atom stereocenters. The van der Waals surface area contributed by atoms with Gasteiger partial charge in [0.2, 0.25) is 0 Å². The zero-order chi connectivity index (χ0) is 32.2. The molecule has 0 aliphatic heterocycles. The van der Waals surface area contributed by atoms with Crippen molar-refractivity contribution in [2.24, 2.45) is 5.92 Å². The molecule has 0 bridgehead atoms. The van der Waals surface area contributed by atoms with Crippen LogP contribution in [0.1, 0.15) is 88.7 Å². The van der Waals surface area contributed by atoms with E-state index in [2.05, 4.69) is 153 Å². The van der Waals surface area contributed by atoms with E-state index < -0.39 is 0 Å². The van der Waals surface area contributed by atoms with Crippen molar-refractivity contribution in [2.45, 2.75) is 83.0 Å². The maximum Gasteiger partial charge on any atom is 0.0473 e. The van der Waals surface area contributed by atoms with E-state index in [-0.39, 0.29) is 5.41 Å². The first kappa shape index (κ1) is 31.3. The van der Waals surface area contributed by atoms with E-state index in [4.69, 9.17) is 0 Å². The second-order valence-electron chi connectivity index (χ2n) is 14.5. The van der Waals surface area contributed by atoms with Crippen LogP contribution in [0.2, 0.25) is 0 Å².